The molecule has 2 aromatic carbocycles. The van der Waals surface area contributed by atoms with Crippen LogP contribution in [-0.4, -0.2) is 21.5 Å². The molecule has 0 aromatic heterocycles. The van der Waals surface area contributed by atoms with Gasteiger partial charge in [-0.25, -0.2) is 13.1 Å². The fraction of sp³-hybridized carbons (Fsp3) is 0.400. The van der Waals surface area contributed by atoms with Crippen LogP contribution in [0.15, 0.2) is 53.4 Å². The third-order valence-corrected chi connectivity index (χ3v) is 6.17. The van der Waals surface area contributed by atoms with Crippen molar-refractivity contribution >= 4 is 15.7 Å². The smallest absolute Gasteiger partial charge is 0.240 e. The van der Waals surface area contributed by atoms with Crippen LogP contribution in [0.5, 0.6) is 0 Å². The van der Waals surface area contributed by atoms with Crippen LogP contribution < -0.4 is 9.62 Å². The monoisotopic (exact) mass is 358 g/mol. The molecule has 5 heteroatoms. The summed E-state index contributed by atoms with van der Waals surface area (Å²) in [5.41, 5.74) is 3.22. The quantitative estimate of drug-likeness (QED) is 0.886. The van der Waals surface area contributed by atoms with E-state index in [4.69, 9.17) is 0 Å². The highest BCUT2D eigenvalue weighted by molar-refractivity contribution is 7.89. The molecule has 1 heterocycles. The number of nitrogens with zero attached hydrogens (tertiary/aromatic N) is 1. The van der Waals surface area contributed by atoms with Crippen molar-refractivity contribution in [3.05, 3.63) is 59.7 Å². The van der Waals surface area contributed by atoms with E-state index in [-0.39, 0.29) is 0 Å². The van der Waals surface area contributed by atoms with Gasteiger partial charge in [0.05, 0.1) is 4.90 Å². The number of hydrogen-bond acceptors (Lipinski definition) is 3. The van der Waals surface area contributed by atoms with Crippen molar-refractivity contribution in [1.82, 2.24) is 4.72 Å². The molecule has 1 aliphatic heterocycles. The Labute approximate surface area is 150 Å². The Morgan fingerprint density at radius 1 is 1.08 bits per heavy atom. The third-order valence-electron chi connectivity index (χ3n) is 4.76. The Kier molecular flexibility index (Phi) is 5.45. The molecule has 0 unspecified atom stereocenters. The number of rotatable bonds is 5. The minimum atomic E-state index is -3.47. The molecule has 0 amide bonds. The van der Waals surface area contributed by atoms with E-state index in [2.05, 4.69) is 28.7 Å². The summed E-state index contributed by atoms with van der Waals surface area (Å²) in [4.78, 5) is 2.71. The molecule has 0 aliphatic carbocycles. The lowest BCUT2D eigenvalue weighted by Crippen LogP contribution is -2.34. The largest absolute Gasteiger partial charge is 0.371 e. The lowest BCUT2D eigenvalue weighted by atomic mass is 9.99. The second-order valence-corrected chi connectivity index (χ2v) is 8.76. The average Bonchev–Trinajstić information content (AvgIpc) is 2.61. The zero-order valence-corrected chi connectivity index (χ0v) is 15.7. The lowest BCUT2D eigenvalue weighted by molar-refractivity contribution is 0.447. The van der Waals surface area contributed by atoms with Crippen LogP contribution in [0.4, 0.5) is 5.69 Å². The van der Waals surface area contributed by atoms with Gasteiger partial charge in [0.2, 0.25) is 10.0 Å². The molecule has 2 aromatic rings. The van der Waals surface area contributed by atoms with E-state index in [1.54, 1.807) is 12.1 Å². The molecule has 134 valence electrons. The van der Waals surface area contributed by atoms with Gasteiger partial charge in [-0.05, 0) is 55.5 Å². The first-order valence-corrected chi connectivity index (χ1v) is 10.3. The molecule has 1 aliphatic rings. The molecule has 1 N–H and O–H groups in total. The van der Waals surface area contributed by atoms with Gasteiger partial charge in [-0.2, -0.15) is 0 Å². The molecule has 0 bridgehead atoms. The Morgan fingerprint density at radius 3 is 2.40 bits per heavy atom. The number of benzene rings is 2. The summed E-state index contributed by atoms with van der Waals surface area (Å²) >= 11 is 0. The summed E-state index contributed by atoms with van der Waals surface area (Å²) < 4.78 is 27.4. The normalized spacial score (nSPS) is 18.3. The van der Waals surface area contributed by atoms with Crippen LogP contribution in [0.1, 0.15) is 30.9 Å². The first kappa shape index (κ1) is 18.0. The predicted molar refractivity (Wildman–Crippen MR) is 102 cm³/mol. The van der Waals surface area contributed by atoms with Crippen LogP contribution in [0.3, 0.4) is 0 Å². The number of sulfonamides is 1. The van der Waals surface area contributed by atoms with Crippen molar-refractivity contribution in [2.75, 3.05) is 18.0 Å². The Hall–Kier alpha value is -1.85. The van der Waals surface area contributed by atoms with Crippen molar-refractivity contribution in [2.24, 2.45) is 5.92 Å². The number of hydrogen-bond donors (Lipinski definition) is 1. The van der Waals surface area contributed by atoms with Crippen molar-refractivity contribution in [1.29, 1.82) is 0 Å². The Bertz CT molecular complexity index is 799. The Balaban J connectivity index is 1.62. The van der Waals surface area contributed by atoms with Crippen molar-refractivity contribution in [3.63, 3.8) is 0 Å². The van der Waals surface area contributed by atoms with E-state index >= 15 is 0 Å². The van der Waals surface area contributed by atoms with Gasteiger partial charge in [-0.3, -0.25) is 0 Å². The van der Waals surface area contributed by atoms with Crippen LogP contribution in [-0.2, 0) is 16.6 Å². The Morgan fingerprint density at radius 2 is 1.76 bits per heavy atom. The van der Waals surface area contributed by atoms with E-state index < -0.39 is 10.0 Å². The summed E-state index contributed by atoms with van der Waals surface area (Å²) in [6.45, 7) is 6.73. The molecule has 1 fully saturated rings. The van der Waals surface area contributed by atoms with Crippen molar-refractivity contribution in [2.45, 2.75) is 38.1 Å². The van der Waals surface area contributed by atoms with Gasteiger partial charge in [-0.15, -0.1) is 0 Å². The third kappa shape index (κ3) is 4.61. The minimum absolute atomic E-state index is 0.299. The molecule has 4 nitrogen and oxygen atoms in total. The molecular formula is C20H26N2O2S. The SMILES string of the molecule is Cc1ccc(S(=O)(=O)NCc2ccc(N3CCC[C@@H](C)C3)cc2)cc1. The molecule has 0 radical (unpaired) electrons. The fourth-order valence-electron chi connectivity index (χ4n) is 3.23. The first-order valence-electron chi connectivity index (χ1n) is 8.84. The van der Waals surface area contributed by atoms with E-state index in [1.165, 1.54) is 18.5 Å². The maximum absolute atomic E-state index is 12.3. The molecule has 3 rings (SSSR count). The molecular weight excluding hydrogens is 332 g/mol. The van der Waals surface area contributed by atoms with Gasteiger partial charge in [0.15, 0.2) is 0 Å². The second kappa shape index (κ2) is 7.58. The van der Waals surface area contributed by atoms with Crippen LogP contribution in [0.25, 0.3) is 0 Å². The van der Waals surface area contributed by atoms with E-state index in [0.717, 1.165) is 30.1 Å². The highest BCUT2D eigenvalue weighted by Gasteiger charge is 2.17. The van der Waals surface area contributed by atoms with Gasteiger partial charge in [0.1, 0.15) is 0 Å². The van der Waals surface area contributed by atoms with Gasteiger partial charge in [0.25, 0.3) is 0 Å². The molecule has 25 heavy (non-hydrogen) atoms. The summed E-state index contributed by atoms with van der Waals surface area (Å²) in [6.07, 6.45) is 2.54. The maximum Gasteiger partial charge on any atom is 0.240 e. The second-order valence-electron chi connectivity index (χ2n) is 7.00. The topological polar surface area (TPSA) is 49.4 Å². The van der Waals surface area contributed by atoms with Crippen LogP contribution >= 0.6 is 0 Å². The molecule has 1 saturated heterocycles. The summed E-state index contributed by atoms with van der Waals surface area (Å²) in [7, 11) is -3.47. The van der Waals surface area contributed by atoms with E-state index in [9.17, 15) is 8.42 Å². The number of aryl methyl sites for hydroxylation is 1. The van der Waals surface area contributed by atoms with Crippen LogP contribution in [0, 0.1) is 12.8 Å². The van der Waals surface area contributed by atoms with Gasteiger partial charge >= 0.3 is 0 Å². The molecule has 0 saturated carbocycles. The van der Waals surface area contributed by atoms with Gasteiger partial charge < -0.3 is 4.90 Å². The minimum Gasteiger partial charge on any atom is -0.371 e. The van der Waals surface area contributed by atoms with Gasteiger partial charge in [-0.1, -0.05) is 36.8 Å². The van der Waals surface area contributed by atoms with E-state index in [1.807, 2.05) is 31.2 Å². The predicted octanol–water partition coefficient (Wildman–Crippen LogP) is 3.71. The molecule has 0 spiro atoms. The maximum atomic E-state index is 12.3. The molecule has 1 atom stereocenters. The van der Waals surface area contributed by atoms with Crippen molar-refractivity contribution in [3.8, 4) is 0 Å². The number of nitrogens with one attached hydrogen (secondary N) is 1. The van der Waals surface area contributed by atoms with Gasteiger partial charge in [0, 0.05) is 25.3 Å². The zero-order valence-electron chi connectivity index (χ0n) is 14.9. The van der Waals surface area contributed by atoms with E-state index in [0.29, 0.717) is 11.4 Å². The highest BCUT2D eigenvalue weighted by atomic mass is 32.2. The summed E-state index contributed by atoms with van der Waals surface area (Å²) in [5.74, 6) is 0.731. The van der Waals surface area contributed by atoms with Crippen LogP contribution in [0.2, 0.25) is 0 Å². The lowest BCUT2D eigenvalue weighted by Gasteiger charge is -2.32. The first-order chi connectivity index (χ1) is 11.9. The summed E-state index contributed by atoms with van der Waals surface area (Å²) in [5, 5.41) is 0. The number of anilines is 1. The summed E-state index contributed by atoms with van der Waals surface area (Å²) in [6, 6.07) is 15.1. The fourth-order valence-corrected chi connectivity index (χ4v) is 4.25. The zero-order chi connectivity index (χ0) is 17.9. The highest BCUT2D eigenvalue weighted by Crippen LogP contribution is 2.23. The van der Waals surface area contributed by atoms with Crippen molar-refractivity contribution < 1.29 is 8.42 Å². The number of piperidine rings is 1. The average molecular weight is 359 g/mol. The standard InChI is InChI=1S/C20H26N2O2S/c1-16-5-11-20(12-6-16)25(23,24)21-14-18-7-9-19(10-8-18)22-13-3-4-17(2)15-22/h5-12,17,21H,3-4,13-15H2,1-2H3/t17-/m1/s1.